The highest BCUT2D eigenvalue weighted by Gasteiger charge is 2.15. The quantitative estimate of drug-likeness (QED) is 0.294. The van der Waals surface area contributed by atoms with E-state index in [2.05, 4.69) is 24.5 Å². The Morgan fingerprint density at radius 1 is 0.750 bits per heavy atom. The first kappa shape index (κ1) is 26.6. The van der Waals surface area contributed by atoms with E-state index in [1.807, 2.05) is 59.5 Å². The number of carbonyl (C=O) groups excluding carboxylic acids is 2. The summed E-state index contributed by atoms with van der Waals surface area (Å²) in [5, 5.41) is 5.97. The van der Waals surface area contributed by atoms with E-state index < -0.39 is 0 Å². The molecule has 0 atom stereocenters. The van der Waals surface area contributed by atoms with E-state index in [9.17, 15) is 9.59 Å². The summed E-state index contributed by atoms with van der Waals surface area (Å²) < 4.78 is 11.4. The summed E-state index contributed by atoms with van der Waals surface area (Å²) >= 11 is 0. The number of carbonyl (C=O) groups is 2. The van der Waals surface area contributed by atoms with Gasteiger partial charge in [0.1, 0.15) is 24.7 Å². The largest absolute Gasteiger partial charge is 0.490 e. The molecule has 0 aromatic heterocycles. The predicted octanol–water partition coefficient (Wildman–Crippen LogP) is 5.46. The van der Waals surface area contributed by atoms with Crippen LogP contribution in [0.25, 0.3) is 0 Å². The lowest BCUT2D eigenvalue weighted by Gasteiger charge is -2.21. The molecule has 0 saturated heterocycles. The van der Waals surface area contributed by atoms with Gasteiger partial charge in [0.05, 0.1) is 6.54 Å². The number of nitrogens with one attached hydrogen (secondary N) is 2. The topological polar surface area (TPSA) is 79.9 Å². The van der Waals surface area contributed by atoms with Crippen LogP contribution in [0.5, 0.6) is 11.5 Å². The van der Waals surface area contributed by atoms with Crippen molar-refractivity contribution in [3.05, 3.63) is 84.4 Å². The van der Waals surface area contributed by atoms with Gasteiger partial charge in [-0.3, -0.25) is 9.59 Å². The first-order valence-corrected chi connectivity index (χ1v) is 12.4. The van der Waals surface area contributed by atoms with Gasteiger partial charge >= 0.3 is 0 Å². The van der Waals surface area contributed by atoms with Crippen LogP contribution in [0.1, 0.15) is 37.0 Å². The third kappa shape index (κ3) is 8.65. The standard InChI is InChI=1S/C29H35N3O4/c1-3-16-32(17-4-2)29(34)23-10-8-12-25(20-23)31-28(33)22-30-24-11-9-15-27(21-24)36-19-18-35-26-13-6-5-7-14-26/h5-15,20-21,30H,3-4,16-19,22H2,1-2H3,(H,31,33). The highest BCUT2D eigenvalue weighted by molar-refractivity contribution is 5.98. The van der Waals surface area contributed by atoms with Crippen molar-refractivity contribution in [1.29, 1.82) is 0 Å². The predicted molar refractivity (Wildman–Crippen MR) is 144 cm³/mol. The zero-order chi connectivity index (χ0) is 25.6. The van der Waals surface area contributed by atoms with Gasteiger partial charge in [0.25, 0.3) is 5.91 Å². The van der Waals surface area contributed by atoms with E-state index in [1.54, 1.807) is 24.3 Å². The minimum Gasteiger partial charge on any atom is -0.490 e. The highest BCUT2D eigenvalue weighted by atomic mass is 16.5. The van der Waals surface area contributed by atoms with Crippen molar-refractivity contribution in [3.63, 3.8) is 0 Å². The van der Waals surface area contributed by atoms with Crippen LogP contribution in [0.4, 0.5) is 11.4 Å². The Morgan fingerprint density at radius 3 is 2.11 bits per heavy atom. The van der Waals surface area contributed by atoms with E-state index in [4.69, 9.17) is 9.47 Å². The molecule has 0 aliphatic heterocycles. The molecule has 0 fully saturated rings. The second-order valence-electron chi connectivity index (χ2n) is 8.31. The molecule has 0 radical (unpaired) electrons. The average Bonchev–Trinajstić information content (AvgIpc) is 2.90. The van der Waals surface area contributed by atoms with Gasteiger partial charge in [-0.2, -0.15) is 0 Å². The van der Waals surface area contributed by atoms with E-state index in [1.165, 1.54) is 0 Å². The summed E-state index contributed by atoms with van der Waals surface area (Å²) in [6, 6.07) is 24.1. The molecule has 0 aliphatic carbocycles. The van der Waals surface area contributed by atoms with Crippen molar-refractivity contribution < 1.29 is 19.1 Å². The number of hydrogen-bond acceptors (Lipinski definition) is 5. The van der Waals surface area contributed by atoms with Crippen LogP contribution >= 0.6 is 0 Å². The van der Waals surface area contributed by atoms with Crippen molar-refractivity contribution in [2.75, 3.05) is 43.5 Å². The molecule has 0 aliphatic rings. The minimum absolute atomic E-state index is 0.0149. The van der Waals surface area contributed by atoms with Gasteiger partial charge in [-0.05, 0) is 55.3 Å². The molecule has 3 aromatic rings. The van der Waals surface area contributed by atoms with E-state index in [0.717, 1.165) is 37.4 Å². The number of rotatable bonds is 14. The maximum Gasteiger partial charge on any atom is 0.253 e. The van der Waals surface area contributed by atoms with Crippen molar-refractivity contribution >= 4 is 23.2 Å². The SMILES string of the molecule is CCCN(CCC)C(=O)c1cccc(NC(=O)CNc2cccc(OCCOc3ccccc3)c2)c1. The number of nitrogens with zero attached hydrogens (tertiary/aromatic N) is 1. The van der Waals surface area contributed by atoms with Gasteiger partial charge in [-0.15, -0.1) is 0 Å². The molecule has 0 unspecified atom stereocenters. The van der Waals surface area contributed by atoms with E-state index >= 15 is 0 Å². The first-order chi connectivity index (χ1) is 17.6. The normalized spacial score (nSPS) is 10.4. The maximum atomic E-state index is 12.9. The Hall–Kier alpha value is -4.00. The molecule has 0 spiro atoms. The van der Waals surface area contributed by atoms with Crippen LogP contribution in [0.3, 0.4) is 0 Å². The van der Waals surface area contributed by atoms with Crippen molar-refractivity contribution in [1.82, 2.24) is 4.90 Å². The Morgan fingerprint density at radius 2 is 1.39 bits per heavy atom. The fraction of sp³-hybridized carbons (Fsp3) is 0.310. The summed E-state index contributed by atoms with van der Waals surface area (Å²) in [7, 11) is 0. The monoisotopic (exact) mass is 489 g/mol. The molecule has 7 heteroatoms. The number of benzene rings is 3. The zero-order valence-electron chi connectivity index (χ0n) is 21.0. The Balaban J connectivity index is 1.47. The fourth-order valence-corrected chi connectivity index (χ4v) is 3.69. The van der Waals surface area contributed by atoms with Crippen molar-refractivity contribution in [2.24, 2.45) is 0 Å². The lowest BCUT2D eigenvalue weighted by Crippen LogP contribution is -2.32. The van der Waals surface area contributed by atoms with Crippen LogP contribution in [-0.2, 0) is 4.79 Å². The molecular formula is C29H35N3O4. The summed E-state index contributed by atoms with van der Waals surface area (Å²) in [5.74, 6) is 1.27. The van der Waals surface area contributed by atoms with E-state index in [-0.39, 0.29) is 18.4 Å². The number of amides is 2. The van der Waals surface area contributed by atoms with Crippen molar-refractivity contribution in [2.45, 2.75) is 26.7 Å². The third-order valence-electron chi connectivity index (χ3n) is 5.32. The lowest BCUT2D eigenvalue weighted by atomic mass is 10.1. The molecule has 190 valence electrons. The first-order valence-electron chi connectivity index (χ1n) is 12.4. The molecule has 2 N–H and O–H groups in total. The second-order valence-corrected chi connectivity index (χ2v) is 8.31. The molecule has 7 nitrogen and oxygen atoms in total. The smallest absolute Gasteiger partial charge is 0.253 e. The average molecular weight is 490 g/mol. The summed E-state index contributed by atoms with van der Waals surface area (Å²) in [6.07, 6.45) is 1.81. The number of ether oxygens (including phenoxy) is 2. The van der Waals surface area contributed by atoms with Gasteiger partial charge in [0.2, 0.25) is 5.91 Å². The van der Waals surface area contributed by atoms with E-state index in [0.29, 0.717) is 30.2 Å². The van der Waals surface area contributed by atoms with Gasteiger partial charge in [-0.1, -0.05) is 44.2 Å². The number of anilines is 2. The molecule has 3 rings (SSSR count). The summed E-state index contributed by atoms with van der Waals surface area (Å²) in [4.78, 5) is 27.2. The Bertz CT molecular complexity index is 1100. The maximum absolute atomic E-state index is 12.9. The summed E-state index contributed by atoms with van der Waals surface area (Å²) in [6.45, 7) is 6.47. The zero-order valence-corrected chi connectivity index (χ0v) is 21.0. The molecule has 0 heterocycles. The van der Waals surface area contributed by atoms with Crippen LogP contribution < -0.4 is 20.1 Å². The number of hydrogen-bond donors (Lipinski definition) is 2. The van der Waals surface area contributed by atoms with Gasteiger partial charge in [0.15, 0.2) is 0 Å². The molecular weight excluding hydrogens is 454 g/mol. The third-order valence-corrected chi connectivity index (χ3v) is 5.32. The highest BCUT2D eigenvalue weighted by Crippen LogP contribution is 2.18. The molecule has 0 bridgehead atoms. The van der Waals surface area contributed by atoms with Crippen LogP contribution in [0.15, 0.2) is 78.9 Å². The van der Waals surface area contributed by atoms with Gasteiger partial charge in [-0.25, -0.2) is 0 Å². The van der Waals surface area contributed by atoms with Crippen LogP contribution in [0, 0.1) is 0 Å². The molecule has 2 amide bonds. The lowest BCUT2D eigenvalue weighted by molar-refractivity contribution is -0.114. The van der Waals surface area contributed by atoms with Crippen LogP contribution in [-0.4, -0.2) is 49.6 Å². The van der Waals surface area contributed by atoms with Gasteiger partial charge < -0.3 is 25.0 Å². The van der Waals surface area contributed by atoms with Gasteiger partial charge in [0, 0.05) is 36.1 Å². The Kier molecular flexibility index (Phi) is 10.6. The molecule has 3 aromatic carbocycles. The van der Waals surface area contributed by atoms with Crippen molar-refractivity contribution in [3.8, 4) is 11.5 Å². The minimum atomic E-state index is -0.207. The molecule has 0 saturated carbocycles. The fourth-order valence-electron chi connectivity index (χ4n) is 3.69. The van der Waals surface area contributed by atoms with Crippen LogP contribution in [0.2, 0.25) is 0 Å². The Labute approximate surface area is 213 Å². The summed E-state index contributed by atoms with van der Waals surface area (Å²) in [5.41, 5.74) is 1.94. The molecule has 36 heavy (non-hydrogen) atoms. The number of para-hydroxylation sites is 1. The second kappa shape index (κ2) is 14.4.